The molecule has 1 aliphatic rings. The number of hydrogen-bond acceptors (Lipinski definition) is 4. The van der Waals surface area contributed by atoms with Gasteiger partial charge in [-0.05, 0) is 17.7 Å². The van der Waals surface area contributed by atoms with Crippen LogP contribution in [0.4, 0.5) is 4.79 Å². The molecule has 3 amide bonds. The van der Waals surface area contributed by atoms with Crippen LogP contribution in [0.25, 0.3) is 0 Å². The maximum absolute atomic E-state index is 12.4. The summed E-state index contributed by atoms with van der Waals surface area (Å²) in [6, 6.07) is 11.4. The van der Waals surface area contributed by atoms with Crippen molar-refractivity contribution >= 4 is 11.9 Å². The lowest BCUT2D eigenvalue weighted by Gasteiger charge is -2.27. The van der Waals surface area contributed by atoms with E-state index in [0.29, 0.717) is 5.56 Å². The van der Waals surface area contributed by atoms with E-state index < -0.39 is 17.5 Å². The standard InChI is InChI=1S/C16H15N3O4/c1-23-12-8-5-9-19(13(12)20)10-16(11-6-3-2-4-7-11)14(21)17-15(22)18-16/h2-9H,10H2,1H3,(H2,17,18,21,22). The third kappa shape index (κ3) is 2.46. The quantitative estimate of drug-likeness (QED) is 0.809. The van der Waals surface area contributed by atoms with Gasteiger partial charge in [-0.2, -0.15) is 0 Å². The first-order valence-electron chi connectivity index (χ1n) is 6.99. The van der Waals surface area contributed by atoms with E-state index in [1.54, 1.807) is 42.6 Å². The number of aromatic nitrogens is 1. The van der Waals surface area contributed by atoms with Crippen LogP contribution in [0.2, 0.25) is 0 Å². The van der Waals surface area contributed by atoms with Gasteiger partial charge < -0.3 is 14.6 Å². The maximum atomic E-state index is 12.4. The van der Waals surface area contributed by atoms with Crippen LogP contribution in [0, 0.1) is 0 Å². The molecule has 118 valence electrons. The van der Waals surface area contributed by atoms with Crippen LogP contribution in [0.15, 0.2) is 53.5 Å². The van der Waals surface area contributed by atoms with Crippen LogP contribution in [-0.4, -0.2) is 23.6 Å². The van der Waals surface area contributed by atoms with Gasteiger partial charge in [-0.3, -0.25) is 14.9 Å². The number of imide groups is 1. The minimum Gasteiger partial charge on any atom is -0.491 e. The lowest BCUT2D eigenvalue weighted by molar-refractivity contribution is -0.124. The van der Waals surface area contributed by atoms with E-state index >= 15 is 0 Å². The Labute approximate surface area is 131 Å². The molecule has 1 aliphatic heterocycles. The Bertz CT molecular complexity index is 816. The molecule has 0 radical (unpaired) electrons. The molecule has 1 saturated heterocycles. The van der Waals surface area contributed by atoms with Gasteiger partial charge in [-0.25, -0.2) is 4.79 Å². The first kappa shape index (κ1) is 14.8. The highest BCUT2D eigenvalue weighted by Gasteiger charge is 2.48. The van der Waals surface area contributed by atoms with Gasteiger partial charge >= 0.3 is 6.03 Å². The Kier molecular flexibility index (Phi) is 3.61. The number of amides is 3. The molecular formula is C16H15N3O4. The molecule has 0 saturated carbocycles. The van der Waals surface area contributed by atoms with Crippen LogP contribution < -0.4 is 20.9 Å². The molecule has 7 nitrogen and oxygen atoms in total. The summed E-state index contributed by atoms with van der Waals surface area (Å²) in [6.07, 6.45) is 1.55. The van der Waals surface area contributed by atoms with Crippen LogP contribution in [0.3, 0.4) is 0 Å². The number of carbonyl (C=O) groups excluding carboxylic acids is 2. The lowest BCUT2D eigenvalue weighted by Crippen LogP contribution is -2.49. The normalized spacial score (nSPS) is 20.0. The molecule has 0 bridgehead atoms. The number of rotatable bonds is 4. The Morgan fingerprint density at radius 2 is 1.83 bits per heavy atom. The van der Waals surface area contributed by atoms with Crippen LogP contribution in [0.1, 0.15) is 5.56 Å². The van der Waals surface area contributed by atoms with E-state index in [1.165, 1.54) is 11.7 Å². The molecule has 0 aliphatic carbocycles. The number of hydrogen-bond donors (Lipinski definition) is 2. The molecular weight excluding hydrogens is 298 g/mol. The molecule has 1 atom stereocenters. The molecule has 1 fully saturated rings. The summed E-state index contributed by atoms with van der Waals surface area (Å²) in [7, 11) is 1.40. The zero-order valence-electron chi connectivity index (χ0n) is 12.4. The largest absolute Gasteiger partial charge is 0.491 e. The fourth-order valence-electron chi connectivity index (χ4n) is 2.67. The molecule has 3 rings (SSSR count). The van der Waals surface area contributed by atoms with Gasteiger partial charge in [0.05, 0.1) is 13.7 Å². The summed E-state index contributed by atoms with van der Waals surface area (Å²) in [5, 5.41) is 4.89. The van der Waals surface area contributed by atoms with Crippen molar-refractivity contribution < 1.29 is 14.3 Å². The zero-order chi connectivity index (χ0) is 16.4. The molecule has 7 heteroatoms. The van der Waals surface area contributed by atoms with E-state index in [4.69, 9.17) is 4.74 Å². The van der Waals surface area contributed by atoms with Gasteiger partial charge in [0.25, 0.3) is 11.5 Å². The SMILES string of the molecule is COc1cccn(CC2(c3ccccc3)NC(=O)NC2=O)c1=O. The van der Waals surface area contributed by atoms with Crippen LogP contribution >= 0.6 is 0 Å². The van der Waals surface area contributed by atoms with Crippen molar-refractivity contribution in [2.75, 3.05) is 7.11 Å². The first-order valence-corrected chi connectivity index (χ1v) is 6.99. The molecule has 1 aromatic carbocycles. The van der Waals surface area contributed by atoms with E-state index in [1.807, 2.05) is 6.07 Å². The number of benzene rings is 1. The third-order valence-electron chi connectivity index (χ3n) is 3.82. The second kappa shape index (κ2) is 5.60. The molecule has 1 unspecified atom stereocenters. The summed E-state index contributed by atoms with van der Waals surface area (Å²) in [4.78, 5) is 36.5. The predicted octanol–water partition coefficient (Wildman–Crippen LogP) is 0.592. The molecule has 2 heterocycles. The summed E-state index contributed by atoms with van der Waals surface area (Å²) in [6.45, 7) is -0.0371. The lowest BCUT2D eigenvalue weighted by atomic mass is 9.89. The van der Waals surface area contributed by atoms with Gasteiger partial charge in [-0.15, -0.1) is 0 Å². The number of methoxy groups -OCH3 is 1. The van der Waals surface area contributed by atoms with Gasteiger partial charge in [0.1, 0.15) is 0 Å². The average Bonchev–Trinajstić information content (AvgIpc) is 2.85. The zero-order valence-corrected chi connectivity index (χ0v) is 12.4. The third-order valence-corrected chi connectivity index (χ3v) is 3.82. The highest BCUT2D eigenvalue weighted by Crippen LogP contribution is 2.26. The number of pyridine rings is 1. The van der Waals surface area contributed by atoms with E-state index in [9.17, 15) is 14.4 Å². The Hall–Kier alpha value is -3.09. The van der Waals surface area contributed by atoms with Crippen LogP contribution in [-0.2, 0) is 16.9 Å². The molecule has 1 aromatic heterocycles. The van der Waals surface area contributed by atoms with Gasteiger partial charge in [-0.1, -0.05) is 30.3 Å². The maximum Gasteiger partial charge on any atom is 0.322 e. The number of urea groups is 1. The summed E-state index contributed by atoms with van der Waals surface area (Å²) in [5.74, 6) is -0.330. The van der Waals surface area contributed by atoms with Crippen molar-refractivity contribution in [3.63, 3.8) is 0 Å². The molecule has 23 heavy (non-hydrogen) atoms. The Balaban J connectivity index is 2.10. The van der Waals surface area contributed by atoms with Crippen LogP contribution in [0.5, 0.6) is 5.75 Å². The number of nitrogens with zero attached hydrogens (tertiary/aromatic N) is 1. The summed E-state index contributed by atoms with van der Waals surface area (Å²) >= 11 is 0. The van der Waals surface area contributed by atoms with Crippen molar-refractivity contribution in [1.82, 2.24) is 15.2 Å². The topological polar surface area (TPSA) is 89.4 Å². The highest BCUT2D eigenvalue weighted by molar-refractivity contribution is 6.07. The average molecular weight is 313 g/mol. The van der Waals surface area contributed by atoms with Gasteiger partial charge in [0.15, 0.2) is 11.3 Å². The van der Waals surface area contributed by atoms with Gasteiger partial charge in [0.2, 0.25) is 0 Å². The van der Waals surface area contributed by atoms with Crippen molar-refractivity contribution in [3.8, 4) is 5.75 Å². The number of carbonyl (C=O) groups is 2. The first-order chi connectivity index (χ1) is 11.1. The predicted molar refractivity (Wildman–Crippen MR) is 82.0 cm³/mol. The smallest absolute Gasteiger partial charge is 0.322 e. The Morgan fingerprint density at radius 3 is 2.43 bits per heavy atom. The van der Waals surface area contributed by atoms with Crippen molar-refractivity contribution in [3.05, 3.63) is 64.6 Å². The van der Waals surface area contributed by atoms with E-state index in [0.717, 1.165) is 0 Å². The van der Waals surface area contributed by atoms with Gasteiger partial charge in [0, 0.05) is 6.20 Å². The minimum absolute atomic E-state index is 0.0371. The fraction of sp³-hybridized carbons (Fsp3) is 0.188. The molecule has 2 aromatic rings. The molecule has 2 N–H and O–H groups in total. The van der Waals surface area contributed by atoms with E-state index in [-0.39, 0.29) is 17.9 Å². The molecule has 0 spiro atoms. The number of nitrogens with one attached hydrogen (secondary N) is 2. The second-order valence-corrected chi connectivity index (χ2v) is 5.19. The fourth-order valence-corrected chi connectivity index (χ4v) is 2.67. The van der Waals surface area contributed by atoms with E-state index in [2.05, 4.69) is 10.6 Å². The second-order valence-electron chi connectivity index (χ2n) is 5.19. The summed E-state index contributed by atoms with van der Waals surface area (Å²) in [5.41, 5.74) is -1.12. The minimum atomic E-state index is -1.34. The Morgan fingerprint density at radius 1 is 1.09 bits per heavy atom. The highest BCUT2D eigenvalue weighted by atomic mass is 16.5. The number of ether oxygens (including phenoxy) is 1. The van der Waals surface area contributed by atoms with Crippen molar-refractivity contribution in [2.45, 2.75) is 12.1 Å². The summed E-state index contributed by atoms with van der Waals surface area (Å²) < 4.78 is 6.36. The van der Waals surface area contributed by atoms with Crippen molar-refractivity contribution in [1.29, 1.82) is 0 Å². The monoisotopic (exact) mass is 313 g/mol. The van der Waals surface area contributed by atoms with Crippen molar-refractivity contribution in [2.24, 2.45) is 0 Å².